The van der Waals surface area contributed by atoms with Crippen LogP contribution in [0.4, 0.5) is 0 Å². The number of carbonyl (C=O) groups is 2. The van der Waals surface area contributed by atoms with Crippen molar-refractivity contribution in [2.45, 2.75) is 25.8 Å². The van der Waals surface area contributed by atoms with Crippen molar-refractivity contribution in [2.75, 3.05) is 13.1 Å². The van der Waals surface area contributed by atoms with Crippen LogP contribution < -0.4 is 0 Å². The highest BCUT2D eigenvalue weighted by molar-refractivity contribution is 7.78. The average molecular weight is 309 g/mol. The number of thiocarbonyl (C=S) groups is 1. The van der Waals surface area contributed by atoms with E-state index < -0.39 is 11.9 Å². The fourth-order valence-electron chi connectivity index (χ4n) is 2.09. The molecule has 0 aliphatic carbocycles. The van der Waals surface area contributed by atoms with E-state index in [0.717, 1.165) is 17.5 Å². The highest BCUT2D eigenvalue weighted by atomic mass is 32.1. The fourth-order valence-corrected chi connectivity index (χ4v) is 2.29. The lowest BCUT2D eigenvalue weighted by Gasteiger charge is -2.25. The maximum absolute atomic E-state index is 10.8. The zero-order valence-corrected chi connectivity index (χ0v) is 12.7. The Morgan fingerprint density at radius 2 is 1.62 bits per heavy atom. The first-order valence-corrected chi connectivity index (χ1v) is 7.08. The summed E-state index contributed by atoms with van der Waals surface area (Å²) >= 11 is 4.81. The molecule has 0 aliphatic rings. The van der Waals surface area contributed by atoms with Gasteiger partial charge in [-0.05, 0) is 29.8 Å². The first-order chi connectivity index (χ1) is 9.92. The topological polar surface area (TPSA) is 77.8 Å². The van der Waals surface area contributed by atoms with Crippen molar-refractivity contribution in [3.05, 3.63) is 35.4 Å². The highest BCUT2D eigenvalue weighted by Gasteiger charge is 2.19. The highest BCUT2D eigenvalue weighted by Crippen LogP contribution is 2.11. The van der Waals surface area contributed by atoms with Crippen molar-refractivity contribution in [1.82, 2.24) is 4.90 Å². The van der Waals surface area contributed by atoms with Crippen LogP contribution in [-0.4, -0.2) is 51.6 Å². The standard InChI is InChI=1S/C15H19NO4S/c1-11(16(9-14(17)18)10-15(19)20)8-13-4-2-12(3-5-13)6-7-21/h2-5,7,11H,6,8-10H2,1H3,(H,17,18)(H,19,20). The summed E-state index contributed by atoms with van der Waals surface area (Å²) in [5, 5.41) is 19.4. The van der Waals surface area contributed by atoms with Crippen molar-refractivity contribution in [3.8, 4) is 0 Å². The quantitative estimate of drug-likeness (QED) is 0.675. The molecular weight excluding hydrogens is 290 g/mol. The molecule has 0 aromatic heterocycles. The van der Waals surface area contributed by atoms with E-state index in [2.05, 4.69) is 0 Å². The Bertz CT molecular complexity index is 485. The summed E-state index contributed by atoms with van der Waals surface area (Å²) in [4.78, 5) is 23.1. The van der Waals surface area contributed by atoms with Crippen LogP contribution in [0.25, 0.3) is 0 Å². The number of hydrogen-bond acceptors (Lipinski definition) is 4. The van der Waals surface area contributed by atoms with Crippen LogP contribution in [0, 0.1) is 0 Å². The van der Waals surface area contributed by atoms with Gasteiger partial charge in [0.15, 0.2) is 0 Å². The maximum atomic E-state index is 10.8. The molecule has 0 fully saturated rings. The lowest BCUT2D eigenvalue weighted by Crippen LogP contribution is -2.41. The number of aliphatic carboxylic acids is 2. The Kier molecular flexibility index (Phi) is 6.98. The predicted molar refractivity (Wildman–Crippen MR) is 83.8 cm³/mol. The summed E-state index contributed by atoms with van der Waals surface area (Å²) in [5.41, 5.74) is 2.16. The van der Waals surface area contributed by atoms with Crippen molar-refractivity contribution in [2.24, 2.45) is 0 Å². The molecule has 1 rings (SSSR count). The summed E-state index contributed by atoms with van der Waals surface area (Å²) in [5.74, 6) is -2.06. The van der Waals surface area contributed by atoms with Gasteiger partial charge in [-0.1, -0.05) is 36.5 Å². The largest absolute Gasteiger partial charge is 0.480 e. The fraction of sp³-hybridized carbons (Fsp3) is 0.400. The van der Waals surface area contributed by atoms with Crippen molar-refractivity contribution < 1.29 is 19.8 Å². The summed E-state index contributed by atoms with van der Waals surface area (Å²) in [6.45, 7) is 1.27. The smallest absolute Gasteiger partial charge is 0.317 e. The molecule has 0 bridgehead atoms. The Morgan fingerprint density at radius 1 is 1.14 bits per heavy atom. The molecule has 0 heterocycles. The molecule has 2 N–H and O–H groups in total. The SMILES string of the molecule is CC(Cc1ccc(CC=S)cc1)N(CC(=O)O)CC(=O)O. The van der Waals surface area contributed by atoms with Crippen LogP contribution in [0.1, 0.15) is 18.1 Å². The summed E-state index contributed by atoms with van der Waals surface area (Å²) < 4.78 is 0. The van der Waals surface area contributed by atoms with E-state index in [4.69, 9.17) is 22.4 Å². The zero-order valence-electron chi connectivity index (χ0n) is 11.9. The molecule has 0 amide bonds. The Morgan fingerprint density at radius 3 is 2.05 bits per heavy atom. The second-order valence-corrected chi connectivity index (χ2v) is 5.27. The third-order valence-corrected chi connectivity index (χ3v) is 3.34. The van der Waals surface area contributed by atoms with Crippen molar-refractivity contribution >= 4 is 29.5 Å². The van der Waals surface area contributed by atoms with Gasteiger partial charge in [0.05, 0.1) is 13.1 Å². The number of benzene rings is 1. The molecule has 0 radical (unpaired) electrons. The van der Waals surface area contributed by atoms with Crippen LogP contribution in [0.2, 0.25) is 0 Å². The van der Waals surface area contributed by atoms with E-state index in [0.29, 0.717) is 6.42 Å². The van der Waals surface area contributed by atoms with Gasteiger partial charge >= 0.3 is 11.9 Å². The van der Waals surface area contributed by atoms with Gasteiger partial charge in [-0.3, -0.25) is 14.5 Å². The van der Waals surface area contributed by atoms with Gasteiger partial charge in [-0.2, -0.15) is 0 Å². The van der Waals surface area contributed by atoms with Crippen LogP contribution in [0.15, 0.2) is 24.3 Å². The van der Waals surface area contributed by atoms with Crippen LogP contribution in [-0.2, 0) is 22.4 Å². The van der Waals surface area contributed by atoms with Gasteiger partial charge in [0.1, 0.15) is 0 Å². The lowest BCUT2D eigenvalue weighted by atomic mass is 10.0. The van der Waals surface area contributed by atoms with E-state index in [-0.39, 0.29) is 19.1 Å². The molecule has 1 aromatic carbocycles. The van der Waals surface area contributed by atoms with Crippen LogP contribution >= 0.6 is 12.2 Å². The summed E-state index contributed by atoms with van der Waals surface area (Å²) in [7, 11) is 0. The minimum Gasteiger partial charge on any atom is -0.480 e. The second-order valence-electron chi connectivity index (χ2n) is 4.93. The number of carboxylic acids is 2. The molecule has 5 nitrogen and oxygen atoms in total. The van der Waals surface area contributed by atoms with Gasteiger partial charge < -0.3 is 10.2 Å². The predicted octanol–water partition coefficient (Wildman–Crippen LogP) is 1.63. The van der Waals surface area contributed by atoms with E-state index >= 15 is 0 Å². The van der Waals surface area contributed by atoms with E-state index in [1.807, 2.05) is 31.2 Å². The van der Waals surface area contributed by atoms with Gasteiger partial charge in [-0.15, -0.1) is 0 Å². The molecule has 114 valence electrons. The number of nitrogens with zero attached hydrogens (tertiary/aromatic N) is 1. The molecule has 0 saturated carbocycles. The molecular formula is C15H19NO4S. The van der Waals surface area contributed by atoms with Crippen LogP contribution in [0.5, 0.6) is 0 Å². The van der Waals surface area contributed by atoms with Gasteiger partial charge in [0.25, 0.3) is 0 Å². The lowest BCUT2D eigenvalue weighted by molar-refractivity contribution is -0.142. The molecule has 6 heteroatoms. The third kappa shape index (κ3) is 6.46. The maximum Gasteiger partial charge on any atom is 0.317 e. The van der Waals surface area contributed by atoms with E-state index in [9.17, 15) is 9.59 Å². The van der Waals surface area contributed by atoms with Crippen LogP contribution in [0.3, 0.4) is 0 Å². The van der Waals surface area contributed by atoms with Gasteiger partial charge in [-0.25, -0.2) is 0 Å². The van der Waals surface area contributed by atoms with Crippen molar-refractivity contribution in [1.29, 1.82) is 0 Å². The molecule has 0 spiro atoms. The molecule has 1 aromatic rings. The Balaban J connectivity index is 2.70. The first kappa shape index (κ1) is 17.3. The monoisotopic (exact) mass is 309 g/mol. The zero-order chi connectivity index (χ0) is 15.8. The molecule has 1 atom stereocenters. The Labute approximate surface area is 129 Å². The minimum absolute atomic E-state index is 0.173. The average Bonchev–Trinajstić information content (AvgIpc) is 2.39. The van der Waals surface area contributed by atoms with Gasteiger partial charge in [0, 0.05) is 12.5 Å². The molecule has 0 saturated heterocycles. The third-order valence-electron chi connectivity index (χ3n) is 3.17. The first-order valence-electron chi connectivity index (χ1n) is 6.61. The van der Waals surface area contributed by atoms with Crippen molar-refractivity contribution in [3.63, 3.8) is 0 Å². The number of hydrogen-bond donors (Lipinski definition) is 2. The minimum atomic E-state index is -1.03. The normalized spacial score (nSPS) is 12.1. The number of carboxylic acid groups (broad SMARTS) is 2. The van der Waals surface area contributed by atoms with Gasteiger partial charge in [0.2, 0.25) is 0 Å². The van der Waals surface area contributed by atoms with E-state index in [1.165, 1.54) is 4.90 Å². The summed E-state index contributed by atoms with van der Waals surface area (Å²) in [6.07, 6.45) is 1.33. The second kappa shape index (κ2) is 8.49. The Hall–Kier alpha value is -1.79. The summed E-state index contributed by atoms with van der Waals surface area (Å²) in [6, 6.07) is 7.70. The molecule has 21 heavy (non-hydrogen) atoms. The van der Waals surface area contributed by atoms with E-state index in [1.54, 1.807) is 5.37 Å². The number of rotatable bonds is 9. The molecule has 1 unspecified atom stereocenters. The molecule has 0 aliphatic heterocycles.